The first-order chi connectivity index (χ1) is 18.9. The molecule has 1 aliphatic rings. The molecule has 6 heteroatoms. The number of rotatable bonds is 12. The van der Waals surface area contributed by atoms with Crippen molar-refractivity contribution in [2.75, 3.05) is 13.2 Å². The molecule has 1 fully saturated rings. The van der Waals surface area contributed by atoms with Crippen molar-refractivity contribution in [3.05, 3.63) is 90.0 Å². The van der Waals surface area contributed by atoms with Crippen molar-refractivity contribution in [2.45, 2.75) is 64.4 Å². The van der Waals surface area contributed by atoms with Crippen molar-refractivity contribution in [2.24, 2.45) is 5.92 Å². The van der Waals surface area contributed by atoms with Gasteiger partial charge in [-0.15, -0.1) is 6.58 Å². The summed E-state index contributed by atoms with van der Waals surface area (Å²) in [5.74, 6) is -3.81. The van der Waals surface area contributed by atoms with Crippen LogP contribution in [0.4, 0.5) is 17.6 Å². The SMILES string of the molecule is C=CC1CCC(c2ccc(-c3ccc(-c4ccc(OCCCCCCCC)c(F)c4F)cc3)c(F)c2F)OC1. The molecule has 2 unspecified atom stereocenters. The Morgan fingerprint density at radius 1 is 0.769 bits per heavy atom. The highest BCUT2D eigenvalue weighted by atomic mass is 19.2. The van der Waals surface area contributed by atoms with E-state index in [2.05, 4.69) is 13.5 Å². The highest BCUT2D eigenvalue weighted by molar-refractivity contribution is 5.71. The van der Waals surface area contributed by atoms with Gasteiger partial charge in [0.05, 0.1) is 19.3 Å². The lowest BCUT2D eigenvalue weighted by atomic mass is 9.92. The first-order valence-electron chi connectivity index (χ1n) is 13.9. The Morgan fingerprint density at radius 2 is 1.38 bits per heavy atom. The smallest absolute Gasteiger partial charge is 0.201 e. The maximum absolute atomic E-state index is 15.1. The summed E-state index contributed by atoms with van der Waals surface area (Å²) < 4.78 is 70.9. The second-order valence-electron chi connectivity index (χ2n) is 10.2. The largest absolute Gasteiger partial charge is 0.490 e. The van der Waals surface area contributed by atoms with Crippen LogP contribution in [0.1, 0.15) is 70.0 Å². The molecule has 0 N–H and O–H groups in total. The second-order valence-corrected chi connectivity index (χ2v) is 10.2. The molecular weight excluding hydrogens is 504 g/mol. The van der Waals surface area contributed by atoms with Crippen molar-refractivity contribution in [3.63, 3.8) is 0 Å². The Kier molecular flexibility index (Phi) is 10.2. The first-order valence-corrected chi connectivity index (χ1v) is 13.9. The van der Waals surface area contributed by atoms with E-state index in [4.69, 9.17) is 9.47 Å². The van der Waals surface area contributed by atoms with E-state index < -0.39 is 29.4 Å². The molecule has 1 heterocycles. The first kappa shape index (κ1) is 28.9. The Bertz CT molecular complexity index is 1250. The van der Waals surface area contributed by atoms with Gasteiger partial charge in [-0.3, -0.25) is 0 Å². The fourth-order valence-corrected chi connectivity index (χ4v) is 5.00. The molecule has 0 aromatic heterocycles. The quantitative estimate of drug-likeness (QED) is 0.129. The van der Waals surface area contributed by atoms with Gasteiger partial charge in [0.2, 0.25) is 5.82 Å². The van der Waals surface area contributed by atoms with Gasteiger partial charge in [-0.05, 0) is 42.5 Å². The van der Waals surface area contributed by atoms with E-state index in [9.17, 15) is 13.2 Å². The molecule has 2 atom stereocenters. The Morgan fingerprint density at radius 3 is 2.00 bits per heavy atom. The molecule has 2 nitrogen and oxygen atoms in total. The molecule has 3 aromatic carbocycles. The average Bonchev–Trinajstić information content (AvgIpc) is 2.96. The second kappa shape index (κ2) is 13.8. The third kappa shape index (κ3) is 6.91. The lowest BCUT2D eigenvalue weighted by Gasteiger charge is -2.28. The Labute approximate surface area is 228 Å². The van der Waals surface area contributed by atoms with Crippen molar-refractivity contribution >= 4 is 0 Å². The number of ether oxygens (including phenoxy) is 2. The number of benzene rings is 3. The summed E-state index contributed by atoms with van der Waals surface area (Å²) >= 11 is 0. The summed E-state index contributed by atoms with van der Waals surface area (Å²) in [6.45, 7) is 6.68. The topological polar surface area (TPSA) is 18.5 Å². The molecule has 0 bridgehead atoms. The van der Waals surface area contributed by atoms with E-state index >= 15 is 4.39 Å². The minimum Gasteiger partial charge on any atom is -0.490 e. The molecule has 39 heavy (non-hydrogen) atoms. The maximum atomic E-state index is 15.1. The zero-order chi connectivity index (χ0) is 27.8. The molecule has 0 radical (unpaired) electrons. The third-order valence-corrected chi connectivity index (χ3v) is 7.41. The van der Waals surface area contributed by atoms with Crippen LogP contribution in [-0.2, 0) is 4.74 Å². The fraction of sp³-hybridized carbons (Fsp3) is 0.394. The Hall–Kier alpha value is -3.12. The van der Waals surface area contributed by atoms with Crippen LogP contribution in [-0.4, -0.2) is 13.2 Å². The van der Waals surface area contributed by atoms with Gasteiger partial charge in [-0.2, -0.15) is 4.39 Å². The van der Waals surface area contributed by atoms with Crippen LogP contribution in [0, 0.1) is 29.2 Å². The summed E-state index contributed by atoms with van der Waals surface area (Å²) in [6, 6.07) is 12.3. The minimum absolute atomic E-state index is 0.0697. The normalized spacial score (nSPS) is 17.3. The summed E-state index contributed by atoms with van der Waals surface area (Å²) in [7, 11) is 0. The molecular formula is C33H36F4O2. The Balaban J connectivity index is 1.43. The lowest BCUT2D eigenvalue weighted by molar-refractivity contribution is -0.00732. The average molecular weight is 541 g/mol. The van der Waals surface area contributed by atoms with Gasteiger partial charge >= 0.3 is 0 Å². The van der Waals surface area contributed by atoms with Gasteiger partial charge in [0.15, 0.2) is 23.2 Å². The van der Waals surface area contributed by atoms with Crippen molar-refractivity contribution in [1.82, 2.24) is 0 Å². The zero-order valence-corrected chi connectivity index (χ0v) is 22.5. The maximum Gasteiger partial charge on any atom is 0.201 e. The highest BCUT2D eigenvalue weighted by Crippen LogP contribution is 2.37. The number of halogens is 4. The van der Waals surface area contributed by atoms with Crippen molar-refractivity contribution < 1.29 is 27.0 Å². The number of hydrogen-bond donors (Lipinski definition) is 0. The van der Waals surface area contributed by atoms with Gasteiger partial charge in [-0.1, -0.05) is 81.5 Å². The predicted molar refractivity (Wildman–Crippen MR) is 148 cm³/mol. The van der Waals surface area contributed by atoms with E-state index in [0.717, 1.165) is 25.7 Å². The standard InChI is InChI=1S/C33H36F4O2/c1-3-5-6-7-8-9-20-38-29-19-17-26(31(35)33(29)37)24-13-11-23(12-14-24)25-15-16-27(32(36)30(25)34)28-18-10-22(4-2)21-39-28/h4,11-17,19,22,28H,2-3,5-10,18,20-21H2,1H3. The number of unbranched alkanes of at least 4 members (excludes halogenated alkanes) is 5. The van der Waals surface area contributed by atoms with Gasteiger partial charge in [0.1, 0.15) is 0 Å². The zero-order valence-electron chi connectivity index (χ0n) is 22.5. The predicted octanol–water partition coefficient (Wildman–Crippen LogP) is 9.97. The molecule has 1 saturated heterocycles. The van der Waals surface area contributed by atoms with Crippen LogP contribution >= 0.6 is 0 Å². The van der Waals surface area contributed by atoms with E-state index in [1.165, 1.54) is 37.5 Å². The fourth-order valence-electron chi connectivity index (χ4n) is 5.00. The minimum atomic E-state index is -1.03. The molecule has 3 aromatic rings. The molecule has 1 aliphatic heterocycles. The molecule has 4 rings (SSSR count). The van der Waals surface area contributed by atoms with E-state index in [-0.39, 0.29) is 28.4 Å². The summed E-state index contributed by atoms with van der Waals surface area (Å²) in [5.41, 5.74) is 1.21. The van der Waals surface area contributed by atoms with Crippen molar-refractivity contribution in [1.29, 1.82) is 0 Å². The van der Waals surface area contributed by atoms with Gasteiger partial charge in [-0.25, -0.2) is 13.2 Å². The third-order valence-electron chi connectivity index (χ3n) is 7.41. The lowest BCUT2D eigenvalue weighted by Crippen LogP contribution is -2.20. The summed E-state index contributed by atoms with van der Waals surface area (Å²) in [4.78, 5) is 0. The molecule has 0 saturated carbocycles. The molecule has 208 valence electrons. The van der Waals surface area contributed by atoms with Crippen LogP contribution < -0.4 is 4.74 Å². The van der Waals surface area contributed by atoms with E-state index in [1.54, 1.807) is 30.3 Å². The van der Waals surface area contributed by atoms with E-state index in [0.29, 0.717) is 30.8 Å². The molecule has 0 spiro atoms. The van der Waals surface area contributed by atoms with Gasteiger partial charge in [0.25, 0.3) is 0 Å². The van der Waals surface area contributed by atoms with Gasteiger partial charge in [0, 0.05) is 22.6 Å². The van der Waals surface area contributed by atoms with Crippen molar-refractivity contribution in [3.8, 4) is 28.0 Å². The monoisotopic (exact) mass is 540 g/mol. The van der Waals surface area contributed by atoms with E-state index in [1.807, 2.05) is 6.08 Å². The molecule has 0 amide bonds. The van der Waals surface area contributed by atoms with Crippen LogP contribution in [0.3, 0.4) is 0 Å². The summed E-state index contributed by atoms with van der Waals surface area (Å²) in [5, 5.41) is 0. The van der Waals surface area contributed by atoms with Crippen LogP contribution in [0.5, 0.6) is 5.75 Å². The van der Waals surface area contributed by atoms with Crippen LogP contribution in [0.15, 0.2) is 61.2 Å². The van der Waals surface area contributed by atoms with Crippen LogP contribution in [0.25, 0.3) is 22.3 Å². The number of hydrogen-bond acceptors (Lipinski definition) is 2. The summed E-state index contributed by atoms with van der Waals surface area (Å²) in [6.07, 6.45) is 9.15. The van der Waals surface area contributed by atoms with Crippen LogP contribution in [0.2, 0.25) is 0 Å². The highest BCUT2D eigenvalue weighted by Gasteiger charge is 2.26. The van der Waals surface area contributed by atoms with Gasteiger partial charge < -0.3 is 9.47 Å². The molecule has 0 aliphatic carbocycles.